The average molecular weight is 604 g/mol. The molecule has 0 aliphatic heterocycles. The highest BCUT2D eigenvalue weighted by atomic mass is 19.4. The Kier molecular flexibility index (Phi) is 9.67. The Bertz CT molecular complexity index is 1090. The number of amides is 2. The standard InChI is InChI=1S/C22H23F11N2O5/c1-17(2,3)39-15(36)34-10-7-11(35-16(37)40-18(4,5)6)9-12(8-10)38-14(24)13(23)19(25,26)20(27,28)21(29,30)22(31,32)33/h7-9H,1-6H3,(H,34,36)(H,35,37). The number of hydrogen-bond acceptors (Lipinski definition) is 5. The van der Waals surface area contributed by atoms with Crippen LogP contribution in [-0.4, -0.2) is 47.3 Å². The summed E-state index contributed by atoms with van der Waals surface area (Å²) in [5.41, 5.74) is -3.09. The van der Waals surface area contributed by atoms with Gasteiger partial charge in [-0.25, -0.2) is 9.59 Å². The number of carbonyl (C=O) groups is 2. The first kappa shape index (κ1) is 34.6. The minimum absolute atomic E-state index is 0.480. The van der Waals surface area contributed by atoms with Crippen LogP contribution in [0, 0.1) is 0 Å². The lowest BCUT2D eigenvalue weighted by molar-refractivity contribution is -0.392. The van der Waals surface area contributed by atoms with E-state index in [1.165, 1.54) is 41.5 Å². The predicted molar refractivity (Wildman–Crippen MR) is 117 cm³/mol. The number of benzene rings is 1. The van der Waals surface area contributed by atoms with Gasteiger partial charge in [-0.3, -0.25) is 10.6 Å². The van der Waals surface area contributed by atoms with E-state index in [-0.39, 0.29) is 0 Å². The number of nitrogens with one attached hydrogen (secondary N) is 2. The molecule has 0 aliphatic carbocycles. The first-order chi connectivity index (χ1) is 17.6. The zero-order valence-electron chi connectivity index (χ0n) is 21.4. The van der Waals surface area contributed by atoms with E-state index in [1.807, 2.05) is 10.6 Å². The Morgan fingerprint density at radius 2 is 1.02 bits per heavy atom. The molecule has 0 radical (unpaired) electrons. The van der Waals surface area contributed by atoms with Crippen molar-refractivity contribution in [3.63, 3.8) is 0 Å². The quantitative estimate of drug-likeness (QED) is 0.242. The Balaban J connectivity index is 3.51. The highest BCUT2D eigenvalue weighted by Crippen LogP contribution is 2.55. The zero-order valence-corrected chi connectivity index (χ0v) is 21.4. The van der Waals surface area contributed by atoms with Crippen LogP contribution in [0.25, 0.3) is 0 Å². The van der Waals surface area contributed by atoms with E-state index in [2.05, 4.69) is 4.74 Å². The molecule has 0 unspecified atom stereocenters. The maximum atomic E-state index is 14.1. The van der Waals surface area contributed by atoms with Gasteiger partial charge in [0.1, 0.15) is 17.0 Å². The summed E-state index contributed by atoms with van der Waals surface area (Å²) in [5.74, 6) is -27.3. The van der Waals surface area contributed by atoms with Gasteiger partial charge in [-0.05, 0) is 47.6 Å². The molecule has 2 amide bonds. The van der Waals surface area contributed by atoms with Crippen molar-refractivity contribution in [3.8, 4) is 5.75 Å². The van der Waals surface area contributed by atoms with Crippen LogP contribution in [0.4, 0.5) is 69.3 Å². The number of allylic oxidation sites excluding steroid dienone is 1. The molecular weight excluding hydrogens is 581 g/mol. The van der Waals surface area contributed by atoms with Gasteiger partial charge < -0.3 is 14.2 Å². The lowest BCUT2D eigenvalue weighted by Gasteiger charge is -2.32. The van der Waals surface area contributed by atoms with E-state index in [4.69, 9.17) is 9.47 Å². The van der Waals surface area contributed by atoms with Crippen molar-refractivity contribution < 1.29 is 72.1 Å². The normalized spacial score (nSPS) is 14.2. The van der Waals surface area contributed by atoms with Gasteiger partial charge in [0, 0.05) is 23.5 Å². The van der Waals surface area contributed by atoms with Crippen LogP contribution in [0.2, 0.25) is 0 Å². The van der Waals surface area contributed by atoms with Crippen LogP contribution in [0.5, 0.6) is 5.75 Å². The lowest BCUT2D eigenvalue weighted by atomic mass is 10.0. The minimum atomic E-state index is -7.51. The molecule has 0 atom stereocenters. The second-order valence-corrected chi connectivity index (χ2v) is 9.91. The summed E-state index contributed by atoms with van der Waals surface area (Å²) in [7, 11) is 0. The van der Waals surface area contributed by atoms with Crippen molar-refractivity contribution in [2.45, 2.75) is 76.7 Å². The molecule has 1 aromatic rings. The Labute approximate surface area is 219 Å². The summed E-state index contributed by atoms with van der Waals surface area (Å²) in [6.45, 7) is 8.68. The summed E-state index contributed by atoms with van der Waals surface area (Å²) < 4.78 is 159. The van der Waals surface area contributed by atoms with Gasteiger partial charge in [-0.15, -0.1) is 0 Å². The SMILES string of the molecule is CC(C)(C)OC(=O)Nc1cc(NC(=O)OC(C)(C)C)cc(OC(F)=C(F)C(F)(F)C(F)(F)C(F)(F)C(F)(F)F)c1. The third-order valence-corrected chi connectivity index (χ3v) is 4.00. The molecule has 2 N–H and O–H groups in total. The summed E-state index contributed by atoms with van der Waals surface area (Å²) in [4.78, 5) is 24.1. The molecule has 0 bridgehead atoms. The van der Waals surface area contributed by atoms with Crippen molar-refractivity contribution in [2.75, 3.05) is 10.6 Å². The predicted octanol–water partition coefficient (Wildman–Crippen LogP) is 8.34. The van der Waals surface area contributed by atoms with Gasteiger partial charge in [0.25, 0.3) is 0 Å². The third kappa shape index (κ3) is 8.51. The summed E-state index contributed by atoms with van der Waals surface area (Å²) in [6.07, 6.45) is -9.65. The molecule has 0 spiro atoms. The monoisotopic (exact) mass is 604 g/mol. The highest BCUT2D eigenvalue weighted by molar-refractivity contribution is 5.89. The Morgan fingerprint density at radius 3 is 1.35 bits per heavy atom. The molecule has 0 aliphatic rings. The number of ether oxygens (including phenoxy) is 3. The van der Waals surface area contributed by atoms with E-state index >= 15 is 0 Å². The average Bonchev–Trinajstić information content (AvgIpc) is 2.68. The lowest BCUT2D eigenvalue weighted by Crippen LogP contribution is -2.61. The van der Waals surface area contributed by atoms with Gasteiger partial charge in [0.15, 0.2) is 0 Å². The van der Waals surface area contributed by atoms with E-state index in [1.54, 1.807) is 0 Å². The van der Waals surface area contributed by atoms with Crippen LogP contribution >= 0.6 is 0 Å². The van der Waals surface area contributed by atoms with Gasteiger partial charge in [0.2, 0.25) is 5.83 Å². The molecule has 18 heteroatoms. The van der Waals surface area contributed by atoms with Crippen molar-refractivity contribution in [1.29, 1.82) is 0 Å². The van der Waals surface area contributed by atoms with Gasteiger partial charge in [-0.2, -0.15) is 48.3 Å². The molecular formula is C22H23F11N2O5. The molecule has 1 aromatic carbocycles. The Morgan fingerprint density at radius 1 is 0.650 bits per heavy atom. The van der Waals surface area contributed by atoms with Crippen LogP contribution in [0.15, 0.2) is 30.0 Å². The van der Waals surface area contributed by atoms with E-state index < -0.39 is 76.3 Å². The van der Waals surface area contributed by atoms with E-state index in [0.717, 1.165) is 6.07 Å². The second kappa shape index (κ2) is 11.2. The van der Waals surface area contributed by atoms with Gasteiger partial charge >= 0.3 is 42.1 Å². The van der Waals surface area contributed by atoms with Crippen molar-refractivity contribution >= 4 is 23.6 Å². The molecule has 0 heterocycles. The first-order valence-corrected chi connectivity index (χ1v) is 10.7. The number of rotatable bonds is 7. The van der Waals surface area contributed by atoms with E-state index in [0.29, 0.717) is 12.1 Å². The fraction of sp³-hybridized carbons (Fsp3) is 0.545. The smallest absolute Gasteiger partial charge is 0.444 e. The third-order valence-electron chi connectivity index (χ3n) is 4.00. The number of anilines is 2. The molecule has 0 saturated heterocycles. The molecule has 40 heavy (non-hydrogen) atoms. The van der Waals surface area contributed by atoms with Crippen LogP contribution < -0.4 is 15.4 Å². The van der Waals surface area contributed by atoms with Crippen LogP contribution in [0.3, 0.4) is 0 Å². The molecule has 0 fully saturated rings. The zero-order chi connectivity index (χ0) is 31.7. The van der Waals surface area contributed by atoms with Crippen LogP contribution in [0.1, 0.15) is 41.5 Å². The van der Waals surface area contributed by atoms with Crippen molar-refractivity contribution in [3.05, 3.63) is 30.0 Å². The molecule has 7 nitrogen and oxygen atoms in total. The summed E-state index contributed by atoms with van der Waals surface area (Å²) in [6, 6.07) is -1.35. The van der Waals surface area contributed by atoms with Crippen molar-refractivity contribution in [2.24, 2.45) is 0 Å². The molecule has 0 saturated carbocycles. The number of halogens is 11. The van der Waals surface area contributed by atoms with Gasteiger partial charge in [0.05, 0.1) is 0 Å². The maximum absolute atomic E-state index is 14.1. The summed E-state index contributed by atoms with van der Waals surface area (Å²) in [5, 5.41) is 4.07. The molecule has 0 aromatic heterocycles. The fourth-order valence-corrected chi connectivity index (χ4v) is 2.43. The summed E-state index contributed by atoms with van der Waals surface area (Å²) >= 11 is 0. The molecule has 1 rings (SSSR count). The highest BCUT2D eigenvalue weighted by Gasteiger charge is 2.83. The van der Waals surface area contributed by atoms with Crippen molar-refractivity contribution in [1.82, 2.24) is 0 Å². The topological polar surface area (TPSA) is 85.9 Å². The maximum Gasteiger partial charge on any atom is 0.460 e. The molecule has 228 valence electrons. The first-order valence-electron chi connectivity index (χ1n) is 10.7. The van der Waals surface area contributed by atoms with Gasteiger partial charge in [-0.1, -0.05) is 0 Å². The largest absolute Gasteiger partial charge is 0.460 e. The second-order valence-electron chi connectivity index (χ2n) is 9.91. The Hall–Kier alpha value is -3.47. The minimum Gasteiger partial charge on any atom is -0.444 e. The number of alkyl halides is 9. The van der Waals surface area contributed by atoms with Crippen LogP contribution in [-0.2, 0) is 9.47 Å². The number of carbonyl (C=O) groups excluding carboxylic acids is 2. The van der Waals surface area contributed by atoms with E-state index in [9.17, 15) is 57.9 Å². The number of hydrogen-bond donors (Lipinski definition) is 2. The fourth-order valence-electron chi connectivity index (χ4n) is 2.43.